The summed E-state index contributed by atoms with van der Waals surface area (Å²) >= 11 is 0. The third-order valence-electron chi connectivity index (χ3n) is 3.30. The van der Waals surface area contributed by atoms with Crippen molar-refractivity contribution in [1.82, 2.24) is 0 Å². The SMILES string of the molecule is COc1ccccc1C(OCc1ccccc1F)C(C)N. The number of nitrogens with two attached hydrogens (primary N) is 1. The van der Waals surface area contributed by atoms with Crippen molar-refractivity contribution < 1.29 is 13.9 Å². The van der Waals surface area contributed by atoms with Crippen LogP contribution in [0.15, 0.2) is 48.5 Å². The zero-order valence-corrected chi connectivity index (χ0v) is 12.3. The number of benzene rings is 2. The van der Waals surface area contributed by atoms with Gasteiger partial charge in [-0.15, -0.1) is 0 Å². The lowest BCUT2D eigenvalue weighted by atomic mass is 10.0. The summed E-state index contributed by atoms with van der Waals surface area (Å²) in [6.45, 7) is 2.02. The van der Waals surface area contributed by atoms with Crippen LogP contribution in [-0.4, -0.2) is 13.2 Å². The van der Waals surface area contributed by atoms with Gasteiger partial charge in [-0.25, -0.2) is 4.39 Å². The van der Waals surface area contributed by atoms with E-state index in [-0.39, 0.29) is 24.6 Å². The second-order valence-electron chi connectivity index (χ2n) is 4.92. The van der Waals surface area contributed by atoms with E-state index < -0.39 is 0 Å². The number of ether oxygens (including phenoxy) is 2. The molecule has 0 amide bonds. The van der Waals surface area contributed by atoms with E-state index in [0.717, 1.165) is 5.56 Å². The Labute approximate surface area is 124 Å². The average molecular weight is 289 g/mol. The number of para-hydroxylation sites is 1. The highest BCUT2D eigenvalue weighted by Gasteiger charge is 2.21. The summed E-state index contributed by atoms with van der Waals surface area (Å²) in [6, 6.07) is 13.9. The summed E-state index contributed by atoms with van der Waals surface area (Å²) in [5.74, 6) is 0.439. The van der Waals surface area contributed by atoms with E-state index in [1.54, 1.807) is 25.3 Å². The van der Waals surface area contributed by atoms with Crippen molar-refractivity contribution in [3.05, 3.63) is 65.5 Å². The summed E-state index contributed by atoms with van der Waals surface area (Å²) in [5, 5.41) is 0. The van der Waals surface area contributed by atoms with Crippen molar-refractivity contribution in [3.63, 3.8) is 0 Å². The molecule has 0 saturated heterocycles. The molecule has 0 aliphatic heterocycles. The van der Waals surface area contributed by atoms with Crippen LogP contribution < -0.4 is 10.5 Å². The van der Waals surface area contributed by atoms with Crippen LogP contribution in [0.3, 0.4) is 0 Å². The van der Waals surface area contributed by atoms with Gasteiger partial charge in [-0.1, -0.05) is 36.4 Å². The van der Waals surface area contributed by atoms with Gasteiger partial charge < -0.3 is 15.2 Å². The standard InChI is InChI=1S/C17H20FNO2/c1-12(19)17(14-8-4-6-10-16(14)20-2)21-11-13-7-3-5-9-15(13)18/h3-10,12,17H,11,19H2,1-2H3. The van der Waals surface area contributed by atoms with E-state index >= 15 is 0 Å². The second-order valence-corrected chi connectivity index (χ2v) is 4.92. The summed E-state index contributed by atoms with van der Waals surface area (Å²) in [5.41, 5.74) is 7.40. The molecule has 0 heterocycles. The molecule has 0 bridgehead atoms. The van der Waals surface area contributed by atoms with Crippen LogP contribution in [0.2, 0.25) is 0 Å². The lowest BCUT2D eigenvalue weighted by Crippen LogP contribution is -2.27. The van der Waals surface area contributed by atoms with Gasteiger partial charge in [0.2, 0.25) is 0 Å². The number of rotatable bonds is 6. The van der Waals surface area contributed by atoms with Gasteiger partial charge in [0.25, 0.3) is 0 Å². The highest BCUT2D eigenvalue weighted by atomic mass is 19.1. The fraction of sp³-hybridized carbons (Fsp3) is 0.294. The molecule has 4 heteroatoms. The first-order valence-corrected chi connectivity index (χ1v) is 6.87. The van der Waals surface area contributed by atoms with Gasteiger partial charge in [-0.05, 0) is 19.1 Å². The van der Waals surface area contributed by atoms with Gasteiger partial charge >= 0.3 is 0 Å². The molecule has 2 rings (SSSR count). The molecule has 0 aliphatic carbocycles. The molecule has 0 saturated carbocycles. The lowest BCUT2D eigenvalue weighted by Gasteiger charge is -2.23. The third-order valence-corrected chi connectivity index (χ3v) is 3.30. The van der Waals surface area contributed by atoms with Crippen molar-refractivity contribution in [2.75, 3.05) is 7.11 Å². The Morgan fingerprint density at radius 1 is 1.10 bits per heavy atom. The molecule has 2 atom stereocenters. The lowest BCUT2D eigenvalue weighted by molar-refractivity contribution is 0.0230. The van der Waals surface area contributed by atoms with Gasteiger partial charge in [0.05, 0.1) is 13.7 Å². The Morgan fingerprint density at radius 2 is 1.76 bits per heavy atom. The average Bonchev–Trinajstić information content (AvgIpc) is 2.49. The number of hydrogen-bond acceptors (Lipinski definition) is 3. The van der Waals surface area contributed by atoms with Crippen molar-refractivity contribution in [3.8, 4) is 5.75 Å². The smallest absolute Gasteiger partial charge is 0.128 e. The quantitative estimate of drug-likeness (QED) is 0.886. The van der Waals surface area contributed by atoms with Crippen LogP contribution >= 0.6 is 0 Å². The third kappa shape index (κ3) is 3.80. The zero-order chi connectivity index (χ0) is 15.2. The highest BCUT2D eigenvalue weighted by molar-refractivity contribution is 5.36. The van der Waals surface area contributed by atoms with Crippen LogP contribution in [0.4, 0.5) is 4.39 Å². The predicted octanol–water partition coefficient (Wildman–Crippen LogP) is 3.44. The maximum Gasteiger partial charge on any atom is 0.128 e. The van der Waals surface area contributed by atoms with Crippen molar-refractivity contribution >= 4 is 0 Å². The van der Waals surface area contributed by atoms with E-state index in [9.17, 15) is 4.39 Å². The molecule has 2 unspecified atom stereocenters. The second kappa shape index (κ2) is 7.20. The van der Waals surface area contributed by atoms with Gasteiger partial charge in [0, 0.05) is 17.2 Å². The molecule has 0 radical (unpaired) electrons. The molecule has 2 aromatic carbocycles. The van der Waals surface area contributed by atoms with Gasteiger partial charge in [-0.3, -0.25) is 0 Å². The van der Waals surface area contributed by atoms with E-state index in [4.69, 9.17) is 15.2 Å². The summed E-state index contributed by atoms with van der Waals surface area (Å²) in [6.07, 6.45) is -0.360. The molecule has 0 aromatic heterocycles. The van der Waals surface area contributed by atoms with E-state index in [1.807, 2.05) is 31.2 Å². The van der Waals surface area contributed by atoms with Crippen molar-refractivity contribution in [2.45, 2.75) is 25.7 Å². The Hall–Kier alpha value is -1.91. The molecule has 0 fully saturated rings. The first-order valence-electron chi connectivity index (χ1n) is 6.87. The molecular formula is C17H20FNO2. The molecule has 2 aromatic rings. The minimum Gasteiger partial charge on any atom is -0.496 e. The molecule has 0 aliphatic rings. The van der Waals surface area contributed by atoms with Gasteiger partial charge in [-0.2, -0.15) is 0 Å². The maximum absolute atomic E-state index is 13.7. The molecule has 112 valence electrons. The van der Waals surface area contributed by atoms with Crippen molar-refractivity contribution in [2.24, 2.45) is 5.73 Å². The number of methoxy groups -OCH3 is 1. The molecular weight excluding hydrogens is 269 g/mol. The molecule has 21 heavy (non-hydrogen) atoms. The predicted molar refractivity (Wildman–Crippen MR) is 80.6 cm³/mol. The van der Waals surface area contributed by atoms with Gasteiger partial charge in [0.15, 0.2) is 0 Å². The Kier molecular flexibility index (Phi) is 5.31. The molecule has 3 nitrogen and oxygen atoms in total. The maximum atomic E-state index is 13.7. The van der Waals surface area contributed by atoms with E-state index in [2.05, 4.69) is 0 Å². The van der Waals surface area contributed by atoms with Crippen LogP contribution in [0.5, 0.6) is 5.75 Å². The summed E-state index contributed by atoms with van der Waals surface area (Å²) in [4.78, 5) is 0. The number of hydrogen-bond donors (Lipinski definition) is 1. The van der Waals surface area contributed by atoms with Crippen LogP contribution in [0.1, 0.15) is 24.2 Å². The minimum absolute atomic E-state index is 0.164. The zero-order valence-electron chi connectivity index (χ0n) is 12.3. The monoisotopic (exact) mass is 289 g/mol. The van der Waals surface area contributed by atoms with E-state index in [1.165, 1.54) is 6.07 Å². The van der Waals surface area contributed by atoms with Crippen LogP contribution in [0.25, 0.3) is 0 Å². The largest absolute Gasteiger partial charge is 0.496 e. The topological polar surface area (TPSA) is 44.5 Å². The Balaban J connectivity index is 2.19. The summed E-state index contributed by atoms with van der Waals surface area (Å²) < 4.78 is 24.8. The van der Waals surface area contributed by atoms with E-state index in [0.29, 0.717) is 11.3 Å². The van der Waals surface area contributed by atoms with Crippen LogP contribution in [-0.2, 0) is 11.3 Å². The number of halogens is 1. The molecule has 0 spiro atoms. The summed E-state index contributed by atoms with van der Waals surface area (Å²) in [7, 11) is 1.61. The molecule has 2 N–H and O–H groups in total. The highest BCUT2D eigenvalue weighted by Crippen LogP contribution is 2.30. The van der Waals surface area contributed by atoms with Gasteiger partial charge in [0.1, 0.15) is 17.7 Å². The fourth-order valence-corrected chi connectivity index (χ4v) is 2.22. The first-order chi connectivity index (χ1) is 10.1. The fourth-order valence-electron chi connectivity index (χ4n) is 2.22. The normalized spacial score (nSPS) is 13.7. The van der Waals surface area contributed by atoms with Crippen LogP contribution in [0, 0.1) is 5.82 Å². The minimum atomic E-state index is -0.360. The Morgan fingerprint density at radius 3 is 2.43 bits per heavy atom. The first kappa shape index (κ1) is 15.5. The van der Waals surface area contributed by atoms with Crippen molar-refractivity contribution in [1.29, 1.82) is 0 Å². The Bertz CT molecular complexity index is 587.